The van der Waals surface area contributed by atoms with E-state index >= 15 is 0 Å². The highest BCUT2D eigenvalue weighted by molar-refractivity contribution is 6.30. The van der Waals surface area contributed by atoms with Gasteiger partial charge in [0.15, 0.2) is 0 Å². The fourth-order valence-corrected chi connectivity index (χ4v) is 2.83. The minimum absolute atomic E-state index is 0.0127. The largest absolute Gasteiger partial charge is 0.373 e. The van der Waals surface area contributed by atoms with Gasteiger partial charge in [-0.2, -0.15) is 0 Å². The van der Waals surface area contributed by atoms with E-state index in [4.69, 9.17) is 11.6 Å². The number of rotatable bonds is 3. The number of halogens is 1. The fraction of sp³-hybridized carbons (Fsp3) is 0.235. The van der Waals surface area contributed by atoms with Gasteiger partial charge in [0.2, 0.25) is 5.91 Å². The minimum Gasteiger partial charge on any atom is -0.373 e. The Kier molecular flexibility index (Phi) is 3.84. The molecule has 0 spiro atoms. The molecule has 2 N–H and O–H groups in total. The molecule has 0 saturated heterocycles. The lowest BCUT2D eigenvalue weighted by Gasteiger charge is -2.18. The summed E-state index contributed by atoms with van der Waals surface area (Å²) >= 11 is 5.99. The monoisotopic (exact) mass is 300 g/mol. The van der Waals surface area contributed by atoms with Crippen molar-refractivity contribution in [2.75, 3.05) is 5.32 Å². The zero-order valence-corrected chi connectivity index (χ0v) is 12.5. The van der Waals surface area contributed by atoms with Crippen molar-refractivity contribution in [1.29, 1.82) is 0 Å². The third-order valence-electron chi connectivity index (χ3n) is 3.80. The second-order valence-electron chi connectivity index (χ2n) is 5.34. The van der Waals surface area contributed by atoms with Gasteiger partial charge in [-0.1, -0.05) is 41.9 Å². The Morgan fingerprint density at radius 2 is 2.10 bits per heavy atom. The lowest BCUT2D eigenvalue weighted by molar-refractivity contribution is -0.122. The van der Waals surface area contributed by atoms with Crippen LogP contribution in [0.15, 0.2) is 48.5 Å². The van der Waals surface area contributed by atoms with Gasteiger partial charge in [-0.25, -0.2) is 0 Å². The van der Waals surface area contributed by atoms with Gasteiger partial charge >= 0.3 is 0 Å². The van der Waals surface area contributed by atoms with Crippen LogP contribution in [0.3, 0.4) is 0 Å². The summed E-state index contributed by atoms with van der Waals surface area (Å²) in [6.45, 7) is 1.96. The topological polar surface area (TPSA) is 41.1 Å². The van der Waals surface area contributed by atoms with Gasteiger partial charge < -0.3 is 10.6 Å². The maximum Gasteiger partial charge on any atom is 0.243 e. The number of nitrogens with one attached hydrogen (secondary N) is 2. The van der Waals surface area contributed by atoms with Crippen molar-refractivity contribution in [3.05, 3.63) is 64.7 Å². The molecule has 21 heavy (non-hydrogen) atoms. The Balaban J connectivity index is 1.65. The summed E-state index contributed by atoms with van der Waals surface area (Å²) in [6, 6.07) is 15.3. The van der Waals surface area contributed by atoms with E-state index in [0.29, 0.717) is 5.02 Å². The Bertz CT molecular complexity index is 646. The molecule has 0 radical (unpaired) electrons. The molecule has 0 aliphatic carbocycles. The van der Waals surface area contributed by atoms with Crippen LogP contribution in [0.4, 0.5) is 5.69 Å². The summed E-state index contributed by atoms with van der Waals surface area (Å²) in [7, 11) is 0. The van der Waals surface area contributed by atoms with Gasteiger partial charge in [-0.3, -0.25) is 4.79 Å². The van der Waals surface area contributed by atoms with E-state index in [-0.39, 0.29) is 18.0 Å². The lowest BCUT2D eigenvalue weighted by atomic mass is 10.1. The fourth-order valence-electron chi connectivity index (χ4n) is 2.63. The molecular formula is C17H17ClN2O. The minimum atomic E-state index is -0.205. The molecule has 1 amide bonds. The number of para-hydroxylation sites is 1. The van der Waals surface area contributed by atoms with Gasteiger partial charge in [0.05, 0.1) is 6.04 Å². The molecule has 1 aliphatic rings. The zero-order valence-electron chi connectivity index (χ0n) is 11.8. The number of hydrogen-bond acceptors (Lipinski definition) is 2. The third-order valence-corrected chi connectivity index (χ3v) is 4.03. The van der Waals surface area contributed by atoms with E-state index in [0.717, 1.165) is 17.7 Å². The number of hydrogen-bond donors (Lipinski definition) is 2. The van der Waals surface area contributed by atoms with Gasteiger partial charge in [0.1, 0.15) is 6.04 Å². The molecule has 3 nitrogen and oxygen atoms in total. The van der Waals surface area contributed by atoms with Crippen LogP contribution in [0.5, 0.6) is 0 Å². The second kappa shape index (κ2) is 5.78. The van der Waals surface area contributed by atoms with E-state index in [1.807, 2.05) is 49.4 Å². The van der Waals surface area contributed by atoms with Crippen LogP contribution >= 0.6 is 11.6 Å². The molecule has 0 aromatic heterocycles. The summed E-state index contributed by atoms with van der Waals surface area (Å²) in [5.41, 5.74) is 3.24. The number of carbonyl (C=O) groups excluding carboxylic acids is 1. The summed E-state index contributed by atoms with van der Waals surface area (Å²) in [5, 5.41) is 6.98. The highest BCUT2D eigenvalue weighted by atomic mass is 35.5. The SMILES string of the molecule is C[C@H](NC(=O)[C@@H]1Cc2ccccc2N1)c1cccc(Cl)c1. The summed E-state index contributed by atoms with van der Waals surface area (Å²) < 4.78 is 0. The standard InChI is InChI=1S/C17H17ClN2O/c1-11(12-6-4-7-14(18)9-12)19-17(21)16-10-13-5-2-3-8-15(13)20-16/h2-9,11,16,20H,10H2,1H3,(H,19,21)/t11-,16-/m0/s1. The molecule has 2 aromatic carbocycles. The molecule has 2 aromatic rings. The average molecular weight is 301 g/mol. The maximum absolute atomic E-state index is 12.4. The summed E-state index contributed by atoms with van der Waals surface area (Å²) in [4.78, 5) is 12.4. The van der Waals surface area contributed by atoms with Crippen LogP contribution in [-0.2, 0) is 11.2 Å². The number of benzene rings is 2. The van der Waals surface area contributed by atoms with Crippen LogP contribution in [-0.4, -0.2) is 11.9 Å². The smallest absolute Gasteiger partial charge is 0.243 e. The van der Waals surface area contributed by atoms with E-state index in [1.165, 1.54) is 5.56 Å². The Morgan fingerprint density at radius 3 is 2.86 bits per heavy atom. The molecular weight excluding hydrogens is 284 g/mol. The molecule has 1 heterocycles. The van der Waals surface area contributed by atoms with Crippen molar-refractivity contribution in [3.63, 3.8) is 0 Å². The predicted molar refractivity (Wildman–Crippen MR) is 85.6 cm³/mol. The Hall–Kier alpha value is -2.00. The molecule has 108 valence electrons. The molecule has 0 saturated carbocycles. The molecule has 1 aliphatic heterocycles. The second-order valence-corrected chi connectivity index (χ2v) is 5.78. The van der Waals surface area contributed by atoms with Crippen molar-refractivity contribution in [1.82, 2.24) is 5.32 Å². The maximum atomic E-state index is 12.4. The summed E-state index contributed by atoms with van der Waals surface area (Å²) in [6.07, 6.45) is 0.726. The predicted octanol–water partition coefficient (Wildman–Crippen LogP) is 3.55. The van der Waals surface area contributed by atoms with Crippen molar-refractivity contribution in [2.24, 2.45) is 0 Å². The number of carbonyl (C=O) groups is 1. The molecule has 4 heteroatoms. The normalized spacial score (nSPS) is 17.7. The number of anilines is 1. The van der Waals surface area contributed by atoms with Crippen molar-refractivity contribution < 1.29 is 4.79 Å². The van der Waals surface area contributed by atoms with Crippen molar-refractivity contribution in [3.8, 4) is 0 Å². The Labute approximate surface area is 129 Å². The van der Waals surface area contributed by atoms with Crippen molar-refractivity contribution in [2.45, 2.75) is 25.4 Å². The van der Waals surface area contributed by atoms with E-state index < -0.39 is 0 Å². The lowest BCUT2D eigenvalue weighted by Crippen LogP contribution is -2.39. The number of fused-ring (bicyclic) bond motifs is 1. The first kappa shape index (κ1) is 14.0. The highest BCUT2D eigenvalue weighted by Crippen LogP contribution is 2.25. The van der Waals surface area contributed by atoms with E-state index in [9.17, 15) is 4.79 Å². The third kappa shape index (κ3) is 3.03. The molecule has 3 rings (SSSR count). The first-order valence-electron chi connectivity index (χ1n) is 7.04. The molecule has 0 bridgehead atoms. The van der Waals surface area contributed by atoms with Gasteiger partial charge in [0.25, 0.3) is 0 Å². The molecule has 0 fully saturated rings. The first-order valence-corrected chi connectivity index (χ1v) is 7.41. The van der Waals surface area contributed by atoms with Gasteiger partial charge in [0, 0.05) is 17.1 Å². The van der Waals surface area contributed by atoms with Crippen LogP contribution in [0.1, 0.15) is 24.1 Å². The molecule has 0 unspecified atom stereocenters. The quantitative estimate of drug-likeness (QED) is 0.910. The van der Waals surface area contributed by atoms with Crippen LogP contribution < -0.4 is 10.6 Å². The van der Waals surface area contributed by atoms with E-state index in [1.54, 1.807) is 0 Å². The first-order chi connectivity index (χ1) is 10.1. The highest BCUT2D eigenvalue weighted by Gasteiger charge is 2.27. The van der Waals surface area contributed by atoms with Crippen LogP contribution in [0.25, 0.3) is 0 Å². The summed E-state index contributed by atoms with van der Waals surface area (Å²) in [5.74, 6) is 0.0127. The van der Waals surface area contributed by atoms with Gasteiger partial charge in [-0.05, 0) is 36.2 Å². The number of amides is 1. The van der Waals surface area contributed by atoms with Crippen molar-refractivity contribution >= 4 is 23.2 Å². The van der Waals surface area contributed by atoms with E-state index in [2.05, 4.69) is 16.7 Å². The molecule has 2 atom stereocenters. The zero-order chi connectivity index (χ0) is 14.8. The Morgan fingerprint density at radius 1 is 1.29 bits per heavy atom. The van der Waals surface area contributed by atoms with Gasteiger partial charge in [-0.15, -0.1) is 0 Å². The average Bonchev–Trinajstić information content (AvgIpc) is 2.91. The van der Waals surface area contributed by atoms with Crippen LogP contribution in [0, 0.1) is 0 Å². The van der Waals surface area contributed by atoms with Crippen LogP contribution in [0.2, 0.25) is 5.02 Å².